The van der Waals surface area contributed by atoms with E-state index in [9.17, 15) is 9.59 Å². The molecule has 2 rings (SSSR count). The molecule has 5 nitrogen and oxygen atoms in total. The number of carboxylic acids is 1. The van der Waals surface area contributed by atoms with Gasteiger partial charge in [-0.05, 0) is 50.5 Å². The molecule has 1 atom stereocenters. The van der Waals surface area contributed by atoms with E-state index in [1.54, 1.807) is 23.1 Å². The maximum absolute atomic E-state index is 12.7. The van der Waals surface area contributed by atoms with E-state index in [1.807, 2.05) is 18.7 Å². The molecule has 2 amide bonds. The van der Waals surface area contributed by atoms with Gasteiger partial charge in [-0.25, -0.2) is 9.59 Å². The molecule has 1 unspecified atom stereocenters. The summed E-state index contributed by atoms with van der Waals surface area (Å²) in [7, 11) is 0. The van der Waals surface area contributed by atoms with Gasteiger partial charge >= 0.3 is 12.0 Å². The van der Waals surface area contributed by atoms with E-state index in [0.717, 1.165) is 17.7 Å². The molecule has 114 valence electrons. The summed E-state index contributed by atoms with van der Waals surface area (Å²) in [5.74, 6) is -0.933. The van der Waals surface area contributed by atoms with Crippen LogP contribution in [0.1, 0.15) is 43.1 Å². The van der Waals surface area contributed by atoms with Crippen LogP contribution in [-0.2, 0) is 6.42 Å². The van der Waals surface area contributed by atoms with Crippen LogP contribution in [0.3, 0.4) is 0 Å². The molecule has 1 aliphatic heterocycles. The van der Waals surface area contributed by atoms with Crippen molar-refractivity contribution in [1.29, 1.82) is 0 Å². The van der Waals surface area contributed by atoms with Crippen molar-refractivity contribution in [2.75, 3.05) is 18.0 Å². The highest BCUT2D eigenvalue weighted by Gasteiger charge is 2.29. The standard InChI is InChI=1S/C16H22N2O3/c1-4-11(3)17(5-2)16(21)18-9-8-12-10-13(15(19)20)6-7-14(12)18/h6-7,10-11H,4-5,8-9H2,1-3H3,(H,19,20). The van der Waals surface area contributed by atoms with Gasteiger partial charge in [-0.3, -0.25) is 4.90 Å². The van der Waals surface area contributed by atoms with Gasteiger partial charge in [-0.15, -0.1) is 0 Å². The van der Waals surface area contributed by atoms with E-state index >= 15 is 0 Å². The first kappa shape index (κ1) is 15.4. The summed E-state index contributed by atoms with van der Waals surface area (Å²) in [4.78, 5) is 27.3. The monoisotopic (exact) mass is 290 g/mol. The summed E-state index contributed by atoms with van der Waals surface area (Å²) in [5.41, 5.74) is 2.05. The summed E-state index contributed by atoms with van der Waals surface area (Å²) in [6.45, 7) is 7.38. The quantitative estimate of drug-likeness (QED) is 0.927. The number of hydrogen-bond acceptors (Lipinski definition) is 2. The minimum absolute atomic E-state index is 0.00803. The average Bonchev–Trinajstić information content (AvgIpc) is 2.90. The smallest absolute Gasteiger partial charge is 0.335 e. The molecule has 1 aromatic carbocycles. The van der Waals surface area contributed by atoms with E-state index in [-0.39, 0.29) is 17.6 Å². The summed E-state index contributed by atoms with van der Waals surface area (Å²) >= 11 is 0. The van der Waals surface area contributed by atoms with Gasteiger partial charge in [-0.2, -0.15) is 0 Å². The minimum atomic E-state index is -0.933. The molecule has 0 radical (unpaired) electrons. The molecule has 0 bridgehead atoms. The third kappa shape index (κ3) is 2.86. The number of aromatic carboxylic acids is 1. The second-order valence-electron chi connectivity index (χ2n) is 5.38. The molecule has 0 saturated heterocycles. The molecule has 1 aromatic rings. The van der Waals surface area contributed by atoms with Gasteiger partial charge in [0.25, 0.3) is 0 Å². The Morgan fingerprint density at radius 1 is 1.38 bits per heavy atom. The normalized spacial score (nSPS) is 14.7. The van der Waals surface area contributed by atoms with Crippen LogP contribution in [-0.4, -0.2) is 41.1 Å². The maximum Gasteiger partial charge on any atom is 0.335 e. The van der Waals surface area contributed by atoms with Crippen molar-refractivity contribution in [2.24, 2.45) is 0 Å². The third-order valence-electron chi connectivity index (χ3n) is 4.16. The Morgan fingerprint density at radius 2 is 2.10 bits per heavy atom. The second kappa shape index (κ2) is 6.16. The zero-order valence-electron chi connectivity index (χ0n) is 12.8. The molecule has 1 aliphatic rings. The van der Waals surface area contributed by atoms with E-state index in [2.05, 4.69) is 6.92 Å². The number of carbonyl (C=O) groups excluding carboxylic acids is 1. The highest BCUT2D eigenvalue weighted by molar-refractivity contribution is 5.96. The van der Waals surface area contributed by atoms with Crippen molar-refractivity contribution in [3.8, 4) is 0 Å². The van der Waals surface area contributed by atoms with Crippen molar-refractivity contribution in [2.45, 2.75) is 39.7 Å². The Kier molecular flexibility index (Phi) is 4.50. The lowest BCUT2D eigenvalue weighted by molar-refractivity contribution is 0.0697. The fraction of sp³-hybridized carbons (Fsp3) is 0.500. The molecular formula is C16H22N2O3. The lowest BCUT2D eigenvalue weighted by Crippen LogP contribution is -2.46. The molecule has 0 fully saturated rings. The van der Waals surface area contributed by atoms with E-state index in [4.69, 9.17) is 5.11 Å². The highest BCUT2D eigenvalue weighted by Crippen LogP contribution is 2.30. The number of hydrogen-bond donors (Lipinski definition) is 1. The minimum Gasteiger partial charge on any atom is -0.478 e. The molecular weight excluding hydrogens is 268 g/mol. The SMILES string of the molecule is CCC(C)N(CC)C(=O)N1CCc2cc(C(=O)O)ccc21. The Balaban J connectivity index is 2.26. The molecule has 5 heteroatoms. The largest absolute Gasteiger partial charge is 0.478 e. The second-order valence-corrected chi connectivity index (χ2v) is 5.38. The molecule has 0 aliphatic carbocycles. The van der Waals surface area contributed by atoms with E-state index < -0.39 is 5.97 Å². The van der Waals surface area contributed by atoms with Crippen molar-refractivity contribution in [3.05, 3.63) is 29.3 Å². The molecule has 1 heterocycles. The maximum atomic E-state index is 12.7. The van der Waals surface area contributed by atoms with Crippen LogP contribution in [0.2, 0.25) is 0 Å². The first-order chi connectivity index (χ1) is 9.99. The predicted molar refractivity (Wildman–Crippen MR) is 82.0 cm³/mol. The van der Waals surface area contributed by atoms with Crippen LogP contribution < -0.4 is 4.90 Å². The summed E-state index contributed by atoms with van der Waals surface area (Å²) in [5, 5.41) is 9.03. The van der Waals surface area contributed by atoms with Crippen LogP contribution in [0.4, 0.5) is 10.5 Å². The van der Waals surface area contributed by atoms with Crippen molar-refractivity contribution >= 4 is 17.7 Å². The summed E-state index contributed by atoms with van der Waals surface area (Å²) in [6, 6.07) is 5.18. The Morgan fingerprint density at radius 3 is 2.67 bits per heavy atom. The number of urea groups is 1. The zero-order valence-corrected chi connectivity index (χ0v) is 12.8. The van der Waals surface area contributed by atoms with Crippen LogP contribution >= 0.6 is 0 Å². The van der Waals surface area contributed by atoms with Gasteiger partial charge in [-0.1, -0.05) is 6.92 Å². The number of carbonyl (C=O) groups is 2. The molecule has 0 spiro atoms. The topological polar surface area (TPSA) is 60.9 Å². The number of fused-ring (bicyclic) bond motifs is 1. The Labute approximate surface area is 125 Å². The van der Waals surface area contributed by atoms with Crippen LogP contribution in [0.25, 0.3) is 0 Å². The van der Waals surface area contributed by atoms with Gasteiger partial charge in [0.2, 0.25) is 0 Å². The zero-order chi connectivity index (χ0) is 15.6. The van der Waals surface area contributed by atoms with Gasteiger partial charge in [0.05, 0.1) is 5.56 Å². The highest BCUT2D eigenvalue weighted by atomic mass is 16.4. The summed E-state index contributed by atoms with van der Waals surface area (Å²) in [6.07, 6.45) is 1.62. The average molecular weight is 290 g/mol. The van der Waals surface area contributed by atoms with Gasteiger partial charge < -0.3 is 10.0 Å². The first-order valence-electron chi connectivity index (χ1n) is 7.43. The van der Waals surface area contributed by atoms with Gasteiger partial charge in [0.1, 0.15) is 0 Å². The van der Waals surface area contributed by atoms with Gasteiger partial charge in [0.15, 0.2) is 0 Å². The third-order valence-corrected chi connectivity index (χ3v) is 4.16. The number of carboxylic acid groups (broad SMARTS) is 1. The lowest BCUT2D eigenvalue weighted by Gasteiger charge is -2.31. The number of benzene rings is 1. The number of rotatable bonds is 4. The molecule has 0 aromatic heterocycles. The van der Waals surface area contributed by atoms with Crippen molar-refractivity contribution < 1.29 is 14.7 Å². The van der Waals surface area contributed by atoms with E-state index in [1.165, 1.54) is 0 Å². The van der Waals surface area contributed by atoms with E-state index in [0.29, 0.717) is 19.5 Å². The summed E-state index contributed by atoms with van der Waals surface area (Å²) < 4.78 is 0. The predicted octanol–water partition coefficient (Wildman–Crippen LogP) is 2.99. The molecule has 1 N–H and O–H groups in total. The number of anilines is 1. The van der Waals surface area contributed by atoms with Crippen molar-refractivity contribution in [3.63, 3.8) is 0 Å². The van der Waals surface area contributed by atoms with Crippen LogP contribution in [0.5, 0.6) is 0 Å². The Bertz CT molecular complexity index is 556. The fourth-order valence-corrected chi connectivity index (χ4v) is 2.74. The molecule has 0 saturated carbocycles. The number of amides is 2. The molecule has 21 heavy (non-hydrogen) atoms. The van der Waals surface area contributed by atoms with Crippen LogP contribution in [0.15, 0.2) is 18.2 Å². The Hall–Kier alpha value is -2.04. The van der Waals surface area contributed by atoms with Crippen LogP contribution in [0, 0.1) is 0 Å². The fourth-order valence-electron chi connectivity index (χ4n) is 2.74. The number of nitrogens with zero attached hydrogens (tertiary/aromatic N) is 2. The van der Waals surface area contributed by atoms with Gasteiger partial charge in [0, 0.05) is 24.8 Å². The lowest BCUT2D eigenvalue weighted by atomic mass is 10.1. The first-order valence-corrected chi connectivity index (χ1v) is 7.43. The van der Waals surface area contributed by atoms with Crippen molar-refractivity contribution in [1.82, 2.24) is 4.90 Å².